The van der Waals surface area contributed by atoms with Gasteiger partial charge in [-0.15, -0.1) is 0 Å². The third kappa shape index (κ3) is 1.58. The first-order valence-corrected chi connectivity index (χ1v) is 6.77. The fourth-order valence-electron chi connectivity index (χ4n) is 3.74. The summed E-state index contributed by atoms with van der Waals surface area (Å²) in [6.07, 6.45) is -3.16. The van der Waals surface area contributed by atoms with Crippen LogP contribution in [-0.4, -0.2) is 36.0 Å². The van der Waals surface area contributed by atoms with Gasteiger partial charge in [-0.05, 0) is 24.0 Å². The van der Waals surface area contributed by atoms with Gasteiger partial charge in [0.1, 0.15) is 18.7 Å². The molecule has 1 N–H and O–H groups in total. The maximum atomic E-state index is 12.7. The fourth-order valence-corrected chi connectivity index (χ4v) is 3.74. The molecule has 1 aliphatic carbocycles. The number of hydrogen-bond acceptors (Lipinski definition) is 2. The molecule has 1 aromatic carbocycles. The maximum absolute atomic E-state index is 12.7. The van der Waals surface area contributed by atoms with E-state index in [-0.39, 0.29) is 6.61 Å². The number of epoxide rings is 1. The van der Waals surface area contributed by atoms with Gasteiger partial charge in [0.05, 0.1) is 0 Å². The molecule has 2 amide bonds. The van der Waals surface area contributed by atoms with Crippen molar-refractivity contribution in [1.29, 1.82) is 0 Å². The quantitative estimate of drug-likeness (QED) is 0.807. The minimum Gasteiger partial charge on any atom is -0.345 e. The van der Waals surface area contributed by atoms with Crippen LogP contribution in [0.4, 0.5) is 18.0 Å². The number of amides is 2. The number of carbonyl (C=O) groups is 1. The number of alkyl halides is 3. The van der Waals surface area contributed by atoms with Gasteiger partial charge >= 0.3 is 12.2 Å². The smallest absolute Gasteiger partial charge is 0.345 e. The van der Waals surface area contributed by atoms with Crippen LogP contribution in [0.15, 0.2) is 24.3 Å². The molecule has 2 aliphatic heterocycles. The van der Waals surface area contributed by atoms with Crippen LogP contribution in [0, 0.1) is 0 Å². The number of rotatable bonds is 1. The van der Waals surface area contributed by atoms with Gasteiger partial charge in [0.25, 0.3) is 0 Å². The second kappa shape index (κ2) is 3.71. The molecule has 2 atom stereocenters. The van der Waals surface area contributed by atoms with Gasteiger partial charge in [-0.2, -0.15) is 13.2 Å². The van der Waals surface area contributed by atoms with Crippen molar-refractivity contribution < 1.29 is 22.7 Å². The molecule has 0 saturated carbocycles. The average Bonchev–Trinajstić information content (AvgIpc) is 3.09. The molecule has 7 heteroatoms. The molecule has 0 aromatic heterocycles. The van der Waals surface area contributed by atoms with E-state index in [9.17, 15) is 18.0 Å². The van der Waals surface area contributed by atoms with Crippen molar-refractivity contribution in [3.63, 3.8) is 0 Å². The minimum absolute atomic E-state index is 0.135. The monoisotopic (exact) mass is 298 g/mol. The molecule has 0 bridgehead atoms. The zero-order chi connectivity index (χ0) is 14.9. The largest absolute Gasteiger partial charge is 0.406 e. The first-order chi connectivity index (χ1) is 9.88. The van der Waals surface area contributed by atoms with Crippen molar-refractivity contribution in [2.24, 2.45) is 0 Å². The van der Waals surface area contributed by atoms with E-state index in [4.69, 9.17) is 4.74 Å². The summed E-state index contributed by atoms with van der Waals surface area (Å²) in [6.45, 7) is -1.15. The van der Waals surface area contributed by atoms with E-state index in [1.54, 1.807) is 0 Å². The number of urea groups is 1. The molecule has 2 unspecified atom stereocenters. The van der Waals surface area contributed by atoms with E-state index in [0.29, 0.717) is 6.42 Å². The van der Waals surface area contributed by atoms with E-state index in [2.05, 4.69) is 5.32 Å². The Balaban J connectivity index is 1.78. The highest BCUT2D eigenvalue weighted by Crippen LogP contribution is 2.57. The van der Waals surface area contributed by atoms with Gasteiger partial charge in [0.15, 0.2) is 5.72 Å². The first-order valence-electron chi connectivity index (χ1n) is 6.77. The Labute approximate surface area is 118 Å². The van der Waals surface area contributed by atoms with Crippen molar-refractivity contribution in [3.05, 3.63) is 35.4 Å². The van der Waals surface area contributed by atoms with Crippen LogP contribution < -0.4 is 5.32 Å². The zero-order valence-corrected chi connectivity index (χ0v) is 11.0. The lowest BCUT2D eigenvalue weighted by Gasteiger charge is -2.32. The number of halogens is 3. The van der Waals surface area contributed by atoms with E-state index < -0.39 is 30.0 Å². The van der Waals surface area contributed by atoms with E-state index in [1.165, 1.54) is 0 Å². The number of nitrogens with zero attached hydrogens (tertiary/aromatic N) is 1. The molecule has 4 nitrogen and oxygen atoms in total. The Morgan fingerprint density at radius 2 is 2.05 bits per heavy atom. The summed E-state index contributed by atoms with van der Waals surface area (Å²) in [5.74, 6) is 0. The highest BCUT2D eigenvalue weighted by Gasteiger charge is 2.74. The number of nitrogens with one attached hydrogen (secondary N) is 1. The lowest BCUT2D eigenvalue weighted by molar-refractivity contribution is -0.150. The number of aryl methyl sites for hydroxylation is 1. The Morgan fingerprint density at radius 3 is 2.71 bits per heavy atom. The molecule has 4 rings (SSSR count). The molecule has 21 heavy (non-hydrogen) atoms. The minimum atomic E-state index is -4.44. The molecule has 2 spiro atoms. The van der Waals surface area contributed by atoms with Crippen LogP contribution in [0.3, 0.4) is 0 Å². The Bertz CT molecular complexity index is 627. The van der Waals surface area contributed by atoms with Crippen LogP contribution in [-0.2, 0) is 16.7 Å². The van der Waals surface area contributed by atoms with Crippen LogP contribution in [0.1, 0.15) is 17.5 Å². The number of benzene rings is 1. The molecular formula is C14H13F3N2O2. The summed E-state index contributed by atoms with van der Waals surface area (Å²) in [6, 6.07) is 6.83. The predicted molar refractivity (Wildman–Crippen MR) is 66.4 cm³/mol. The predicted octanol–water partition coefficient (Wildman–Crippen LogP) is 2.14. The van der Waals surface area contributed by atoms with Crippen molar-refractivity contribution in [2.75, 3.05) is 13.2 Å². The lowest BCUT2D eigenvalue weighted by Crippen LogP contribution is -2.50. The third-order valence-electron chi connectivity index (χ3n) is 4.67. The van der Waals surface area contributed by atoms with Gasteiger partial charge in [-0.3, -0.25) is 4.90 Å². The summed E-state index contributed by atoms with van der Waals surface area (Å²) < 4.78 is 43.7. The Morgan fingerprint density at radius 1 is 1.33 bits per heavy atom. The van der Waals surface area contributed by atoms with Crippen LogP contribution in [0.25, 0.3) is 0 Å². The van der Waals surface area contributed by atoms with Gasteiger partial charge in [0.2, 0.25) is 0 Å². The van der Waals surface area contributed by atoms with Crippen molar-refractivity contribution in [3.8, 4) is 0 Å². The van der Waals surface area contributed by atoms with Crippen LogP contribution >= 0.6 is 0 Å². The van der Waals surface area contributed by atoms with Crippen molar-refractivity contribution in [2.45, 2.75) is 30.3 Å². The van der Waals surface area contributed by atoms with Gasteiger partial charge < -0.3 is 10.1 Å². The van der Waals surface area contributed by atoms with E-state index in [1.807, 2.05) is 24.3 Å². The molecule has 2 fully saturated rings. The highest BCUT2D eigenvalue weighted by atomic mass is 19.4. The van der Waals surface area contributed by atoms with Gasteiger partial charge in [-0.25, -0.2) is 4.79 Å². The number of hydrogen-bond donors (Lipinski definition) is 1. The van der Waals surface area contributed by atoms with E-state index in [0.717, 1.165) is 22.4 Å². The number of carbonyl (C=O) groups excluding carboxylic acids is 1. The van der Waals surface area contributed by atoms with Crippen LogP contribution in [0.5, 0.6) is 0 Å². The van der Waals surface area contributed by atoms with Gasteiger partial charge in [-0.1, -0.05) is 24.3 Å². The molecule has 0 radical (unpaired) electrons. The average molecular weight is 298 g/mol. The summed E-state index contributed by atoms with van der Waals surface area (Å²) in [4.78, 5) is 12.9. The lowest BCUT2D eigenvalue weighted by atomic mass is 9.85. The zero-order valence-electron chi connectivity index (χ0n) is 11.0. The summed E-state index contributed by atoms with van der Waals surface area (Å²) in [7, 11) is 0. The second-order valence-electron chi connectivity index (χ2n) is 5.77. The van der Waals surface area contributed by atoms with Gasteiger partial charge in [0, 0.05) is 0 Å². The van der Waals surface area contributed by atoms with E-state index >= 15 is 0 Å². The summed E-state index contributed by atoms with van der Waals surface area (Å²) >= 11 is 0. The maximum Gasteiger partial charge on any atom is 0.406 e. The molecule has 112 valence electrons. The highest BCUT2D eigenvalue weighted by molar-refractivity contribution is 5.81. The topological polar surface area (TPSA) is 44.9 Å². The number of fused-ring (bicyclic) bond motifs is 3. The molecule has 3 aliphatic rings. The summed E-state index contributed by atoms with van der Waals surface area (Å²) in [5, 5.41) is 2.77. The summed E-state index contributed by atoms with van der Waals surface area (Å²) in [5.41, 5.74) is -0.111. The standard InChI is InChI=1S/C14H13F3N2O2/c15-14(16,17)7-19-11(20)18-12(13(19)8-21-13)6-5-9-3-1-2-4-10(9)12/h1-4H,5-8H2,(H,18,20). The van der Waals surface area contributed by atoms with Crippen molar-refractivity contribution >= 4 is 6.03 Å². The second-order valence-corrected chi connectivity index (χ2v) is 5.77. The Kier molecular flexibility index (Phi) is 2.28. The molecule has 2 heterocycles. The third-order valence-corrected chi connectivity index (χ3v) is 4.67. The first kappa shape index (κ1) is 12.9. The van der Waals surface area contributed by atoms with Crippen molar-refractivity contribution in [1.82, 2.24) is 10.2 Å². The molecular weight excluding hydrogens is 285 g/mol. The number of ether oxygens (including phenoxy) is 1. The fraction of sp³-hybridized carbons (Fsp3) is 0.500. The van der Waals surface area contributed by atoms with Crippen LogP contribution in [0.2, 0.25) is 0 Å². The SMILES string of the molecule is O=C1NC2(CCc3ccccc32)C2(CO2)N1CC(F)(F)F. The Hall–Kier alpha value is -1.76. The molecule has 2 saturated heterocycles. The molecule has 1 aromatic rings. The normalized spacial score (nSPS) is 33.7.